The summed E-state index contributed by atoms with van der Waals surface area (Å²) in [6.07, 6.45) is 2.67. The molecule has 1 saturated heterocycles. The number of aliphatic hydroxyl groups is 1. The molecule has 1 rings (SSSR count). The second-order valence-corrected chi connectivity index (χ2v) is 4.31. The van der Waals surface area contributed by atoms with Gasteiger partial charge < -0.3 is 20.1 Å². The van der Waals surface area contributed by atoms with Crippen molar-refractivity contribution in [1.29, 1.82) is 0 Å². The van der Waals surface area contributed by atoms with Crippen molar-refractivity contribution in [3.8, 4) is 0 Å². The van der Waals surface area contributed by atoms with Crippen LogP contribution in [0.3, 0.4) is 0 Å². The van der Waals surface area contributed by atoms with Crippen LogP contribution < -0.4 is 5.32 Å². The molecule has 0 aromatic carbocycles. The van der Waals surface area contributed by atoms with E-state index in [-0.39, 0.29) is 6.61 Å². The molecule has 1 fully saturated rings. The number of aliphatic hydroxyl groups excluding tert-OH is 1. The van der Waals surface area contributed by atoms with E-state index < -0.39 is 0 Å². The highest BCUT2D eigenvalue weighted by Gasteiger charge is 2.15. The van der Waals surface area contributed by atoms with Gasteiger partial charge in [0.1, 0.15) is 0 Å². The third-order valence-corrected chi connectivity index (χ3v) is 2.81. The second-order valence-electron chi connectivity index (χ2n) is 4.31. The highest BCUT2D eigenvalue weighted by atomic mass is 16.5. The summed E-state index contributed by atoms with van der Waals surface area (Å²) in [5.41, 5.74) is 0. The lowest BCUT2D eigenvalue weighted by molar-refractivity contribution is 0.0926. The summed E-state index contributed by atoms with van der Waals surface area (Å²) in [7, 11) is 2.19. The molecule has 0 amide bonds. The summed E-state index contributed by atoms with van der Waals surface area (Å²) in [5, 5.41) is 11.9. The Kier molecular flexibility index (Phi) is 6.92. The van der Waals surface area contributed by atoms with Crippen molar-refractivity contribution in [3.05, 3.63) is 0 Å². The summed E-state index contributed by atoms with van der Waals surface area (Å²) in [6.45, 7) is 5.71. The topological polar surface area (TPSA) is 44.7 Å². The molecule has 1 aliphatic heterocycles. The molecule has 4 heteroatoms. The van der Waals surface area contributed by atoms with E-state index in [2.05, 4.69) is 17.3 Å². The molecule has 1 atom stereocenters. The Hall–Kier alpha value is -0.160. The van der Waals surface area contributed by atoms with Crippen molar-refractivity contribution in [3.63, 3.8) is 0 Å². The van der Waals surface area contributed by atoms with Gasteiger partial charge in [0, 0.05) is 13.1 Å². The maximum absolute atomic E-state index is 8.50. The van der Waals surface area contributed by atoms with Crippen LogP contribution in [0.2, 0.25) is 0 Å². The van der Waals surface area contributed by atoms with Gasteiger partial charge in [-0.25, -0.2) is 0 Å². The summed E-state index contributed by atoms with van der Waals surface area (Å²) < 4.78 is 5.17. The van der Waals surface area contributed by atoms with Crippen molar-refractivity contribution in [2.75, 3.05) is 53.0 Å². The first-order valence-electron chi connectivity index (χ1n) is 5.91. The third-order valence-electron chi connectivity index (χ3n) is 2.81. The summed E-state index contributed by atoms with van der Waals surface area (Å²) in [6, 6.07) is 0. The van der Waals surface area contributed by atoms with Crippen LogP contribution in [0, 0.1) is 5.92 Å². The largest absolute Gasteiger partial charge is 0.394 e. The van der Waals surface area contributed by atoms with Gasteiger partial charge in [0.05, 0.1) is 19.8 Å². The smallest absolute Gasteiger partial charge is 0.0698 e. The minimum absolute atomic E-state index is 0.118. The van der Waals surface area contributed by atoms with Gasteiger partial charge in [0.2, 0.25) is 0 Å². The molecule has 0 saturated carbocycles. The van der Waals surface area contributed by atoms with Gasteiger partial charge in [-0.15, -0.1) is 0 Å². The van der Waals surface area contributed by atoms with Crippen molar-refractivity contribution in [2.24, 2.45) is 5.92 Å². The van der Waals surface area contributed by atoms with Crippen LogP contribution in [-0.4, -0.2) is 63.1 Å². The second kappa shape index (κ2) is 8.05. The van der Waals surface area contributed by atoms with Crippen molar-refractivity contribution < 1.29 is 9.84 Å². The number of ether oxygens (including phenoxy) is 1. The summed E-state index contributed by atoms with van der Waals surface area (Å²) in [4.78, 5) is 2.40. The lowest BCUT2D eigenvalue weighted by Crippen LogP contribution is -2.38. The molecule has 0 bridgehead atoms. The maximum atomic E-state index is 8.50. The van der Waals surface area contributed by atoms with E-state index in [9.17, 15) is 0 Å². The first kappa shape index (κ1) is 12.9. The van der Waals surface area contributed by atoms with Crippen molar-refractivity contribution >= 4 is 0 Å². The van der Waals surface area contributed by atoms with E-state index in [0.29, 0.717) is 13.2 Å². The third kappa shape index (κ3) is 6.10. The number of likely N-dealkylation sites (tertiary alicyclic amines) is 1. The number of hydrogen-bond donors (Lipinski definition) is 2. The van der Waals surface area contributed by atoms with Crippen LogP contribution in [0.15, 0.2) is 0 Å². The molecule has 1 aliphatic rings. The number of nitrogens with zero attached hydrogens (tertiary/aromatic N) is 1. The fourth-order valence-corrected chi connectivity index (χ4v) is 2.06. The van der Waals surface area contributed by atoms with Crippen molar-refractivity contribution in [2.45, 2.75) is 12.8 Å². The van der Waals surface area contributed by atoms with E-state index in [0.717, 1.165) is 19.0 Å². The molecule has 1 unspecified atom stereocenters. The van der Waals surface area contributed by atoms with E-state index in [1.807, 2.05) is 0 Å². The van der Waals surface area contributed by atoms with E-state index in [4.69, 9.17) is 9.84 Å². The highest BCUT2D eigenvalue weighted by Crippen LogP contribution is 2.13. The number of hydrogen-bond acceptors (Lipinski definition) is 4. The van der Waals surface area contributed by atoms with Gasteiger partial charge in [0.25, 0.3) is 0 Å². The normalized spacial score (nSPS) is 23.2. The minimum Gasteiger partial charge on any atom is -0.394 e. The Labute approximate surface area is 92.6 Å². The fourth-order valence-electron chi connectivity index (χ4n) is 2.06. The molecule has 15 heavy (non-hydrogen) atoms. The highest BCUT2D eigenvalue weighted by molar-refractivity contribution is 4.72. The van der Waals surface area contributed by atoms with Crippen LogP contribution in [0.1, 0.15) is 12.8 Å². The lowest BCUT2D eigenvalue weighted by Gasteiger charge is -2.29. The molecule has 90 valence electrons. The molecular weight excluding hydrogens is 192 g/mol. The monoisotopic (exact) mass is 216 g/mol. The average molecular weight is 216 g/mol. The molecule has 1 heterocycles. The van der Waals surface area contributed by atoms with E-state index >= 15 is 0 Å². The zero-order valence-electron chi connectivity index (χ0n) is 9.74. The standard InChI is InChI=1S/C11H24N2O2/c1-13-5-2-3-11(10-13)9-12-4-7-15-8-6-14/h11-12,14H,2-10H2,1H3. The Morgan fingerprint density at radius 3 is 3.07 bits per heavy atom. The van der Waals surface area contributed by atoms with Crippen LogP contribution in [0.4, 0.5) is 0 Å². The average Bonchev–Trinajstić information content (AvgIpc) is 2.23. The van der Waals surface area contributed by atoms with Gasteiger partial charge in [-0.2, -0.15) is 0 Å². The first-order valence-corrected chi connectivity index (χ1v) is 5.91. The number of piperidine rings is 1. The predicted molar refractivity (Wildman–Crippen MR) is 61.0 cm³/mol. The Morgan fingerprint density at radius 2 is 2.33 bits per heavy atom. The SMILES string of the molecule is CN1CCCC(CNCCOCCO)C1. The Bertz CT molecular complexity index is 156. The van der Waals surface area contributed by atoms with Crippen LogP contribution in [0.25, 0.3) is 0 Å². The van der Waals surface area contributed by atoms with Gasteiger partial charge in [0.15, 0.2) is 0 Å². The molecule has 2 N–H and O–H groups in total. The van der Waals surface area contributed by atoms with Crippen molar-refractivity contribution in [1.82, 2.24) is 10.2 Å². The van der Waals surface area contributed by atoms with Crippen LogP contribution >= 0.6 is 0 Å². The van der Waals surface area contributed by atoms with E-state index in [1.54, 1.807) is 0 Å². The minimum atomic E-state index is 0.118. The van der Waals surface area contributed by atoms with Crippen LogP contribution in [0.5, 0.6) is 0 Å². The van der Waals surface area contributed by atoms with Gasteiger partial charge in [-0.1, -0.05) is 0 Å². The Morgan fingerprint density at radius 1 is 1.47 bits per heavy atom. The number of rotatable bonds is 7. The lowest BCUT2D eigenvalue weighted by atomic mass is 9.98. The van der Waals surface area contributed by atoms with Gasteiger partial charge >= 0.3 is 0 Å². The van der Waals surface area contributed by atoms with E-state index in [1.165, 1.54) is 25.9 Å². The summed E-state index contributed by atoms with van der Waals surface area (Å²) >= 11 is 0. The van der Waals surface area contributed by atoms with Gasteiger partial charge in [-0.05, 0) is 38.9 Å². The molecule has 0 aliphatic carbocycles. The van der Waals surface area contributed by atoms with Crippen LogP contribution in [-0.2, 0) is 4.74 Å². The molecular formula is C11H24N2O2. The zero-order valence-corrected chi connectivity index (χ0v) is 9.74. The van der Waals surface area contributed by atoms with Gasteiger partial charge in [-0.3, -0.25) is 0 Å². The Balaban J connectivity index is 1.90. The summed E-state index contributed by atoms with van der Waals surface area (Å²) in [5.74, 6) is 0.793. The molecule has 0 spiro atoms. The zero-order chi connectivity index (χ0) is 10.9. The first-order chi connectivity index (χ1) is 7.33. The molecule has 0 aromatic rings. The maximum Gasteiger partial charge on any atom is 0.0698 e. The molecule has 0 aromatic heterocycles. The number of nitrogens with one attached hydrogen (secondary N) is 1. The quantitative estimate of drug-likeness (QED) is 0.585. The molecule has 0 radical (unpaired) electrons. The molecule has 4 nitrogen and oxygen atoms in total. The fraction of sp³-hybridized carbons (Fsp3) is 1.00. The predicted octanol–water partition coefficient (Wildman–Crippen LogP) is -0.0733.